The summed E-state index contributed by atoms with van der Waals surface area (Å²) >= 11 is 2.37. The van der Waals surface area contributed by atoms with Crippen molar-refractivity contribution in [3.05, 3.63) is 33.4 Å². The van der Waals surface area contributed by atoms with Gasteiger partial charge in [0.05, 0.1) is 11.5 Å². The van der Waals surface area contributed by atoms with Crippen molar-refractivity contribution < 1.29 is 0 Å². The van der Waals surface area contributed by atoms with E-state index in [1.54, 1.807) is 0 Å². The molecule has 0 atom stereocenters. The van der Waals surface area contributed by atoms with Gasteiger partial charge in [-0.25, -0.2) is 0 Å². The normalized spacial score (nSPS) is 11.1. The summed E-state index contributed by atoms with van der Waals surface area (Å²) in [4.78, 5) is 0. The van der Waals surface area contributed by atoms with E-state index in [1.807, 2.05) is 13.8 Å². The zero-order valence-corrected chi connectivity index (χ0v) is 11.4. The number of benzene rings is 1. The summed E-state index contributed by atoms with van der Waals surface area (Å²) in [5.41, 5.74) is 1.21. The number of halogens is 1. The molecule has 1 aromatic rings. The fraction of sp³-hybridized carbons (Fsp3) is 0.462. The van der Waals surface area contributed by atoms with Gasteiger partial charge in [-0.3, -0.25) is 0 Å². The third kappa shape index (κ3) is 4.21. The van der Waals surface area contributed by atoms with Gasteiger partial charge in [0, 0.05) is 3.57 Å². The summed E-state index contributed by atoms with van der Waals surface area (Å²) in [5, 5.41) is 8.89. The van der Waals surface area contributed by atoms with Gasteiger partial charge in [-0.1, -0.05) is 18.2 Å². The Balaban J connectivity index is 2.46. The molecule has 1 rings (SSSR count). The van der Waals surface area contributed by atoms with Crippen LogP contribution in [0.1, 0.15) is 32.3 Å². The van der Waals surface area contributed by atoms with Crippen molar-refractivity contribution in [2.45, 2.75) is 33.1 Å². The van der Waals surface area contributed by atoms with Gasteiger partial charge in [0.1, 0.15) is 0 Å². The van der Waals surface area contributed by atoms with Crippen molar-refractivity contribution in [1.82, 2.24) is 0 Å². The number of aryl methyl sites for hydroxylation is 1. The molecule has 80 valence electrons. The molecule has 0 aromatic heterocycles. The Hall–Kier alpha value is -0.560. The minimum Gasteiger partial charge on any atom is -0.198 e. The molecule has 0 fully saturated rings. The van der Waals surface area contributed by atoms with Crippen molar-refractivity contribution in [3.63, 3.8) is 0 Å². The number of rotatable bonds is 4. The Morgan fingerprint density at radius 3 is 2.60 bits per heavy atom. The molecule has 0 heterocycles. The smallest absolute Gasteiger partial charge is 0.0683 e. The molecule has 0 bridgehead atoms. The van der Waals surface area contributed by atoms with E-state index in [1.165, 1.54) is 9.13 Å². The lowest BCUT2D eigenvalue weighted by Crippen LogP contribution is -2.08. The third-order valence-electron chi connectivity index (χ3n) is 2.51. The Morgan fingerprint density at radius 1 is 1.33 bits per heavy atom. The average Bonchev–Trinajstić information content (AvgIpc) is 2.21. The van der Waals surface area contributed by atoms with Gasteiger partial charge in [-0.05, 0) is 67.3 Å². The van der Waals surface area contributed by atoms with Crippen LogP contribution in [-0.4, -0.2) is 0 Å². The summed E-state index contributed by atoms with van der Waals surface area (Å²) in [6.07, 6.45) is 3.12. The second kappa shape index (κ2) is 5.50. The van der Waals surface area contributed by atoms with E-state index in [0.29, 0.717) is 0 Å². The van der Waals surface area contributed by atoms with Crippen LogP contribution in [0.25, 0.3) is 0 Å². The number of hydrogen-bond acceptors (Lipinski definition) is 1. The summed E-state index contributed by atoms with van der Waals surface area (Å²) < 4.78 is 1.32. The van der Waals surface area contributed by atoms with Crippen LogP contribution in [0.15, 0.2) is 24.3 Å². The first-order chi connectivity index (χ1) is 7.05. The standard InChI is InChI=1S/C13H16IN/c1-13(2,10-15)9-5-7-11-6-3-4-8-12(11)14/h3-4,6,8H,5,7,9H2,1-2H3. The van der Waals surface area contributed by atoms with E-state index < -0.39 is 0 Å². The van der Waals surface area contributed by atoms with Crippen molar-refractivity contribution in [2.75, 3.05) is 0 Å². The minimum atomic E-state index is -0.180. The quantitative estimate of drug-likeness (QED) is 0.766. The van der Waals surface area contributed by atoms with Crippen LogP contribution < -0.4 is 0 Å². The first kappa shape index (κ1) is 12.5. The number of hydrogen-bond donors (Lipinski definition) is 0. The predicted octanol–water partition coefficient (Wildman–Crippen LogP) is 4.16. The van der Waals surface area contributed by atoms with Crippen LogP contribution in [0.4, 0.5) is 0 Å². The van der Waals surface area contributed by atoms with E-state index in [0.717, 1.165) is 19.3 Å². The molecule has 0 aliphatic carbocycles. The highest BCUT2D eigenvalue weighted by Crippen LogP contribution is 2.23. The molecule has 0 saturated heterocycles. The molecular weight excluding hydrogens is 297 g/mol. The van der Waals surface area contributed by atoms with Gasteiger partial charge >= 0.3 is 0 Å². The highest BCUT2D eigenvalue weighted by Gasteiger charge is 2.15. The van der Waals surface area contributed by atoms with Crippen molar-refractivity contribution in [1.29, 1.82) is 5.26 Å². The molecule has 1 nitrogen and oxygen atoms in total. The highest BCUT2D eigenvalue weighted by atomic mass is 127. The maximum atomic E-state index is 8.89. The predicted molar refractivity (Wildman–Crippen MR) is 71.5 cm³/mol. The van der Waals surface area contributed by atoms with Crippen LogP contribution >= 0.6 is 22.6 Å². The van der Waals surface area contributed by atoms with Crippen LogP contribution in [0.5, 0.6) is 0 Å². The number of nitriles is 1. The molecule has 0 aliphatic rings. The topological polar surface area (TPSA) is 23.8 Å². The lowest BCUT2D eigenvalue weighted by Gasteiger charge is -2.14. The Kier molecular flexibility index (Phi) is 4.59. The molecule has 0 spiro atoms. The zero-order valence-electron chi connectivity index (χ0n) is 9.26. The van der Waals surface area contributed by atoms with E-state index >= 15 is 0 Å². The molecule has 0 saturated carbocycles. The monoisotopic (exact) mass is 313 g/mol. The maximum Gasteiger partial charge on any atom is 0.0683 e. The zero-order chi connectivity index (χ0) is 11.3. The summed E-state index contributed by atoms with van der Waals surface area (Å²) in [6.45, 7) is 4.01. The largest absolute Gasteiger partial charge is 0.198 e. The molecular formula is C13H16IN. The molecule has 2 heteroatoms. The molecule has 0 amide bonds. The molecule has 15 heavy (non-hydrogen) atoms. The fourth-order valence-electron chi connectivity index (χ4n) is 1.48. The third-order valence-corrected chi connectivity index (χ3v) is 3.56. The SMILES string of the molecule is CC(C)(C#N)CCCc1ccccc1I. The fourth-order valence-corrected chi connectivity index (χ4v) is 2.13. The minimum absolute atomic E-state index is 0.180. The maximum absolute atomic E-state index is 8.89. The van der Waals surface area contributed by atoms with E-state index in [-0.39, 0.29) is 5.41 Å². The van der Waals surface area contributed by atoms with Crippen LogP contribution in [0, 0.1) is 20.3 Å². The number of nitrogens with zero attached hydrogens (tertiary/aromatic N) is 1. The van der Waals surface area contributed by atoms with Gasteiger partial charge in [0.2, 0.25) is 0 Å². The molecule has 1 aromatic carbocycles. The van der Waals surface area contributed by atoms with E-state index in [2.05, 4.69) is 52.9 Å². The van der Waals surface area contributed by atoms with Crippen LogP contribution in [-0.2, 0) is 6.42 Å². The van der Waals surface area contributed by atoms with Crippen LogP contribution in [0.2, 0.25) is 0 Å². The first-order valence-corrected chi connectivity index (χ1v) is 6.28. The van der Waals surface area contributed by atoms with E-state index in [9.17, 15) is 0 Å². The van der Waals surface area contributed by atoms with Crippen molar-refractivity contribution in [3.8, 4) is 6.07 Å². The van der Waals surface area contributed by atoms with E-state index in [4.69, 9.17) is 5.26 Å². The van der Waals surface area contributed by atoms with Gasteiger partial charge in [0.15, 0.2) is 0 Å². The van der Waals surface area contributed by atoms with Gasteiger partial charge < -0.3 is 0 Å². The lowest BCUT2D eigenvalue weighted by atomic mass is 9.88. The second-order valence-electron chi connectivity index (χ2n) is 4.44. The van der Waals surface area contributed by atoms with Gasteiger partial charge in [-0.2, -0.15) is 5.26 Å². The summed E-state index contributed by atoms with van der Waals surface area (Å²) in [5.74, 6) is 0. The van der Waals surface area contributed by atoms with Crippen LogP contribution in [0.3, 0.4) is 0 Å². The summed E-state index contributed by atoms with van der Waals surface area (Å²) in [6, 6.07) is 10.8. The Labute approximate surface area is 106 Å². The first-order valence-electron chi connectivity index (χ1n) is 5.20. The van der Waals surface area contributed by atoms with Gasteiger partial charge in [-0.15, -0.1) is 0 Å². The molecule has 0 N–H and O–H groups in total. The average molecular weight is 313 g/mol. The lowest BCUT2D eigenvalue weighted by molar-refractivity contribution is 0.435. The Morgan fingerprint density at radius 2 is 2.00 bits per heavy atom. The Bertz CT molecular complexity index is 363. The van der Waals surface area contributed by atoms with Crippen molar-refractivity contribution >= 4 is 22.6 Å². The highest BCUT2D eigenvalue weighted by molar-refractivity contribution is 14.1. The summed E-state index contributed by atoms with van der Waals surface area (Å²) in [7, 11) is 0. The molecule has 0 aliphatic heterocycles. The van der Waals surface area contributed by atoms with Gasteiger partial charge in [0.25, 0.3) is 0 Å². The van der Waals surface area contributed by atoms with Crippen molar-refractivity contribution in [2.24, 2.45) is 5.41 Å². The molecule has 0 radical (unpaired) electrons. The second-order valence-corrected chi connectivity index (χ2v) is 5.60. The molecule has 0 unspecified atom stereocenters.